The lowest BCUT2D eigenvalue weighted by atomic mass is 10.0. The van der Waals surface area contributed by atoms with E-state index in [1.807, 2.05) is 18.2 Å². The van der Waals surface area contributed by atoms with Gasteiger partial charge in [-0.05, 0) is 53.5 Å². The van der Waals surface area contributed by atoms with Gasteiger partial charge in [-0.2, -0.15) is 0 Å². The number of benzene rings is 2. The normalized spacial score (nSPS) is 10.5. The van der Waals surface area contributed by atoms with Gasteiger partial charge in [-0.25, -0.2) is 0 Å². The van der Waals surface area contributed by atoms with E-state index in [0.717, 1.165) is 5.56 Å². The fourth-order valence-electron chi connectivity index (χ4n) is 2.08. The molecule has 0 spiro atoms. The summed E-state index contributed by atoms with van der Waals surface area (Å²) >= 11 is 17.1. The number of amides is 1. The van der Waals surface area contributed by atoms with Crippen molar-refractivity contribution in [2.45, 2.75) is 26.3 Å². The van der Waals surface area contributed by atoms with E-state index >= 15 is 0 Å². The van der Waals surface area contributed by atoms with Gasteiger partial charge in [0.1, 0.15) is 0 Å². The molecule has 1 amide bonds. The molecule has 0 bridgehead atoms. The van der Waals surface area contributed by atoms with Crippen LogP contribution in [0.15, 0.2) is 42.5 Å². The Morgan fingerprint density at radius 2 is 1.79 bits per heavy atom. The van der Waals surface area contributed by atoms with E-state index in [4.69, 9.17) is 35.4 Å². The van der Waals surface area contributed by atoms with Crippen molar-refractivity contribution < 1.29 is 4.79 Å². The number of hydrogen-bond donors (Lipinski definition) is 2. The van der Waals surface area contributed by atoms with Crippen LogP contribution in [0, 0.1) is 0 Å². The van der Waals surface area contributed by atoms with Crippen molar-refractivity contribution in [2.24, 2.45) is 0 Å². The SMILES string of the molecule is CC(C)c1ccc(C(=O)NC(=S)NCc2ccc(Cl)cc2Cl)cc1. The molecule has 0 fully saturated rings. The first kappa shape index (κ1) is 18.7. The van der Waals surface area contributed by atoms with Crippen LogP contribution in [-0.4, -0.2) is 11.0 Å². The average Bonchev–Trinajstić information content (AvgIpc) is 2.54. The predicted molar refractivity (Wildman–Crippen MR) is 104 cm³/mol. The Hall–Kier alpha value is -1.62. The van der Waals surface area contributed by atoms with Crippen molar-refractivity contribution >= 4 is 46.4 Å². The van der Waals surface area contributed by atoms with Gasteiger partial charge in [0, 0.05) is 22.2 Å². The minimum atomic E-state index is -0.245. The average molecular weight is 381 g/mol. The quantitative estimate of drug-likeness (QED) is 0.739. The standard InChI is InChI=1S/C18H18Cl2N2OS/c1-11(2)12-3-5-13(6-4-12)17(23)22-18(24)21-10-14-7-8-15(19)9-16(14)20/h3-9,11H,10H2,1-2H3,(H2,21,22,23,24). The van der Waals surface area contributed by atoms with Gasteiger partial charge in [0.05, 0.1) is 0 Å². The Labute approximate surface area is 157 Å². The molecule has 0 unspecified atom stereocenters. The summed E-state index contributed by atoms with van der Waals surface area (Å²) in [6.07, 6.45) is 0. The van der Waals surface area contributed by atoms with Crippen LogP contribution in [0.2, 0.25) is 10.0 Å². The third-order valence-corrected chi connectivity index (χ3v) is 4.35. The number of rotatable bonds is 4. The molecule has 126 valence electrons. The Kier molecular flexibility index (Phi) is 6.60. The molecule has 0 aliphatic heterocycles. The number of carbonyl (C=O) groups is 1. The lowest BCUT2D eigenvalue weighted by Crippen LogP contribution is -2.38. The second-order valence-corrected chi connectivity index (χ2v) is 6.90. The Bertz CT molecular complexity index is 745. The van der Waals surface area contributed by atoms with Crippen LogP contribution in [0.5, 0.6) is 0 Å². The highest BCUT2D eigenvalue weighted by atomic mass is 35.5. The topological polar surface area (TPSA) is 41.1 Å². The number of carbonyl (C=O) groups excluding carboxylic acids is 1. The van der Waals surface area contributed by atoms with Gasteiger partial charge < -0.3 is 5.32 Å². The van der Waals surface area contributed by atoms with E-state index in [1.165, 1.54) is 5.56 Å². The molecule has 0 saturated heterocycles. The van der Waals surface area contributed by atoms with Gasteiger partial charge in [-0.1, -0.05) is 55.2 Å². The van der Waals surface area contributed by atoms with Gasteiger partial charge in [0.2, 0.25) is 0 Å². The molecule has 0 atom stereocenters. The molecule has 0 saturated carbocycles. The Balaban J connectivity index is 1.90. The van der Waals surface area contributed by atoms with E-state index in [0.29, 0.717) is 28.1 Å². The molecule has 2 N–H and O–H groups in total. The molecule has 3 nitrogen and oxygen atoms in total. The Morgan fingerprint density at radius 3 is 2.38 bits per heavy atom. The maximum atomic E-state index is 12.2. The summed E-state index contributed by atoms with van der Waals surface area (Å²) in [5.41, 5.74) is 2.59. The molecule has 0 aliphatic carbocycles. The van der Waals surface area contributed by atoms with Gasteiger partial charge in [0.15, 0.2) is 5.11 Å². The van der Waals surface area contributed by atoms with E-state index in [9.17, 15) is 4.79 Å². The van der Waals surface area contributed by atoms with Gasteiger partial charge in [0.25, 0.3) is 5.91 Å². The summed E-state index contributed by atoms with van der Waals surface area (Å²) in [7, 11) is 0. The highest BCUT2D eigenvalue weighted by molar-refractivity contribution is 7.80. The van der Waals surface area contributed by atoms with Gasteiger partial charge >= 0.3 is 0 Å². The van der Waals surface area contributed by atoms with Crippen molar-refractivity contribution in [2.75, 3.05) is 0 Å². The lowest BCUT2D eigenvalue weighted by molar-refractivity contribution is 0.0976. The summed E-state index contributed by atoms with van der Waals surface area (Å²) in [5, 5.41) is 6.99. The van der Waals surface area contributed by atoms with E-state index in [-0.39, 0.29) is 11.0 Å². The molecule has 6 heteroatoms. The maximum Gasteiger partial charge on any atom is 0.257 e. The molecule has 0 radical (unpaired) electrons. The van der Waals surface area contributed by atoms with E-state index in [1.54, 1.807) is 24.3 Å². The smallest absolute Gasteiger partial charge is 0.257 e. The van der Waals surface area contributed by atoms with Crippen LogP contribution in [0.25, 0.3) is 0 Å². The molecule has 0 aliphatic rings. The summed E-state index contributed by atoms with van der Waals surface area (Å²) < 4.78 is 0. The first-order valence-electron chi connectivity index (χ1n) is 7.50. The zero-order chi connectivity index (χ0) is 17.7. The third-order valence-electron chi connectivity index (χ3n) is 3.52. The maximum absolute atomic E-state index is 12.2. The number of hydrogen-bond acceptors (Lipinski definition) is 2. The molecule has 24 heavy (non-hydrogen) atoms. The second-order valence-electron chi connectivity index (χ2n) is 5.65. The zero-order valence-electron chi connectivity index (χ0n) is 13.4. The van der Waals surface area contributed by atoms with Crippen LogP contribution in [-0.2, 0) is 6.54 Å². The fourth-order valence-corrected chi connectivity index (χ4v) is 2.72. The second kappa shape index (κ2) is 8.47. The minimum absolute atomic E-state index is 0.245. The number of halogens is 2. The van der Waals surface area contributed by atoms with Crippen LogP contribution < -0.4 is 10.6 Å². The van der Waals surface area contributed by atoms with Crippen molar-refractivity contribution in [3.63, 3.8) is 0 Å². The Morgan fingerprint density at radius 1 is 1.12 bits per heavy atom. The molecule has 2 aromatic carbocycles. The molecule has 0 heterocycles. The van der Waals surface area contributed by atoms with E-state index < -0.39 is 0 Å². The van der Waals surface area contributed by atoms with Crippen molar-refractivity contribution in [3.8, 4) is 0 Å². The summed E-state index contributed by atoms with van der Waals surface area (Å²) in [6.45, 7) is 4.62. The summed E-state index contributed by atoms with van der Waals surface area (Å²) in [4.78, 5) is 12.2. The van der Waals surface area contributed by atoms with Crippen LogP contribution >= 0.6 is 35.4 Å². The molecule has 0 aromatic heterocycles. The minimum Gasteiger partial charge on any atom is -0.358 e. The van der Waals surface area contributed by atoms with Crippen LogP contribution in [0.3, 0.4) is 0 Å². The van der Waals surface area contributed by atoms with Crippen LogP contribution in [0.4, 0.5) is 0 Å². The largest absolute Gasteiger partial charge is 0.358 e. The van der Waals surface area contributed by atoms with E-state index in [2.05, 4.69) is 24.5 Å². The highest BCUT2D eigenvalue weighted by Gasteiger charge is 2.09. The molecule has 2 aromatic rings. The number of thiocarbonyl (C=S) groups is 1. The summed E-state index contributed by atoms with van der Waals surface area (Å²) in [5.74, 6) is 0.180. The summed E-state index contributed by atoms with van der Waals surface area (Å²) in [6, 6.07) is 12.7. The van der Waals surface area contributed by atoms with Crippen molar-refractivity contribution in [3.05, 3.63) is 69.2 Å². The number of nitrogens with one attached hydrogen (secondary N) is 2. The fraction of sp³-hybridized carbons (Fsp3) is 0.222. The first-order chi connectivity index (χ1) is 11.4. The predicted octanol–water partition coefficient (Wildman–Crippen LogP) is 4.92. The molecular formula is C18H18Cl2N2OS. The lowest BCUT2D eigenvalue weighted by Gasteiger charge is -2.11. The molecular weight excluding hydrogens is 363 g/mol. The molecule has 2 rings (SSSR count). The highest BCUT2D eigenvalue weighted by Crippen LogP contribution is 2.20. The zero-order valence-corrected chi connectivity index (χ0v) is 15.7. The van der Waals surface area contributed by atoms with Crippen LogP contribution in [0.1, 0.15) is 41.3 Å². The van der Waals surface area contributed by atoms with Gasteiger partial charge in [-0.15, -0.1) is 0 Å². The van der Waals surface area contributed by atoms with Crippen molar-refractivity contribution in [1.82, 2.24) is 10.6 Å². The van der Waals surface area contributed by atoms with Crippen molar-refractivity contribution in [1.29, 1.82) is 0 Å². The van der Waals surface area contributed by atoms with Gasteiger partial charge in [-0.3, -0.25) is 10.1 Å². The first-order valence-corrected chi connectivity index (χ1v) is 8.66. The third kappa shape index (κ3) is 5.20. The monoisotopic (exact) mass is 380 g/mol.